The van der Waals surface area contributed by atoms with E-state index in [0.717, 1.165) is 64.8 Å². The standard InChI is InChI=1S/C45H30N6/c1-32-23-36(13-5-3-11-34-17-19-42(48-27-34)40-15-7-9-21-46-40)25-38-29-51-31-50(44(32)38)30-39-26-37(24-33(2)45(39)51)14-6-4-12-35-18-20-43(49-28-35)41-16-8-10-22-47-41/h7-10,15-28H,29-31H2,1-2H3. The second-order valence-electron chi connectivity index (χ2n) is 12.4. The molecule has 6 nitrogen and oxygen atoms in total. The fourth-order valence-corrected chi connectivity index (χ4v) is 6.69. The zero-order chi connectivity index (χ0) is 34.6. The molecule has 0 radical (unpaired) electrons. The molecule has 2 bridgehead atoms. The van der Waals surface area contributed by atoms with Crippen molar-refractivity contribution in [2.24, 2.45) is 0 Å². The van der Waals surface area contributed by atoms with Crippen molar-refractivity contribution in [3.63, 3.8) is 0 Å². The molecular weight excluding hydrogens is 625 g/mol. The molecule has 0 N–H and O–H groups in total. The molecule has 2 aromatic carbocycles. The molecule has 8 rings (SSSR count). The molecule has 2 aliphatic rings. The molecule has 0 saturated heterocycles. The maximum Gasteiger partial charge on any atom is 0.0910 e. The lowest BCUT2D eigenvalue weighted by Crippen LogP contribution is -2.46. The highest BCUT2D eigenvalue weighted by Gasteiger charge is 2.31. The molecule has 0 atom stereocenters. The van der Waals surface area contributed by atoms with Crippen LogP contribution in [0.2, 0.25) is 0 Å². The van der Waals surface area contributed by atoms with Crippen LogP contribution >= 0.6 is 0 Å². The third kappa shape index (κ3) is 6.77. The van der Waals surface area contributed by atoms with E-state index >= 15 is 0 Å². The number of hydrogen-bond donors (Lipinski definition) is 0. The maximum atomic E-state index is 4.50. The summed E-state index contributed by atoms with van der Waals surface area (Å²) in [6.45, 7) is 6.83. The fraction of sp³-hybridized carbons (Fsp3) is 0.111. The fourth-order valence-electron chi connectivity index (χ4n) is 6.69. The highest BCUT2D eigenvalue weighted by atomic mass is 15.4. The second-order valence-corrected chi connectivity index (χ2v) is 12.4. The Morgan fingerprint density at radius 3 is 1.29 bits per heavy atom. The lowest BCUT2D eigenvalue weighted by atomic mass is 9.94. The summed E-state index contributed by atoms with van der Waals surface area (Å²) in [4.78, 5) is 22.6. The number of pyridine rings is 4. The lowest BCUT2D eigenvalue weighted by Gasteiger charge is -2.46. The van der Waals surface area contributed by atoms with Gasteiger partial charge in [-0.05, 0) is 133 Å². The Labute approximate surface area is 298 Å². The topological polar surface area (TPSA) is 58.0 Å². The van der Waals surface area contributed by atoms with Crippen molar-refractivity contribution in [3.8, 4) is 70.1 Å². The Kier molecular flexibility index (Phi) is 8.42. The minimum absolute atomic E-state index is 0.816. The average molecular weight is 655 g/mol. The van der Waals surface area contributed by atoms with Gasteiger partial charge in [-0.15, -0.1) is 0 Å². The summed E-state index contributed by atoms with van der Waals surface area (Å²) in [5, 5.41) is 0. The molecule has 4 aromatic heterocycles. The van der Waals surface area contributed by atoms with Gasteiger partial charge in [-0.3, -0.25) is 19.9 Å². The molecule has 6 aromatic rings. The van der Waals surface area contributed by atoms with Crippen LogP contribution in [0.5, 0.6) is 0 Å². The van der Waals surface area contributed by atoms with Crippen molar-refractivity contribution in [1.82, 2.24) is 19.9 Å². The quantitative estimate of drug-likeness (QED) is 0.183. The predicted octanol–water partition coefficient (Wildman–Crippen LogP) is 7.32. The monoisotopic (exact) mass is 654 g/mol. The van der Waals surface area contributed by atoms with Crippen LogP contribution in [0.25, 0.3) is 22.8 Å². The van der Waals surface area contributed by atoms with Gasteiger partial charge in [0.15, 0.2) is 0 Å². The average Bonchev–Trinajstić information content (AvgIpc) is 3.16. The van der Waals surface area contributed by atoms with Crippen LogP contribution in [-0.4, -0.2) is 26.6 Å². The van der Waals surface area contributed by atoms with Crippen molar-refractivity contribution in [1.29, 1.82) is 0 Å². The summed E-state index contributed by atoms with van der Waals surface area (Å²) in [5.41, 5.74) is 14.4. The van der Waals surface area contributed by atoms with Crippen molar-refractivity contribution < 1.29 is 0 Å². The van der Waals surface area contributed by atoms with Crippen molar-refractivity contribution >= 4 is 11.4 Å². The van der Waals surface area contributed by atoms with Crippen molar-refractivity contribution in [2.75, 3.05) is 16.5 Å². The minimum atomic E-state index is 0.816. The van der Waals surface area contributed by atoms with Gasteiger partial charge in [0.25, 0.3) is 0 Å². The molecule has 6 heteroatoms. The van der Waals surface area contributed by atoms with Crippen LogP contribution in [-0.2, 0) is 13.1 Å². The summed E-state index contributed by atoms with van der Waals surface area (Å²) in [5.74, 6) is 24.8. The number of aryl methyl sites for hydroxylation is 2. The van der Waals surface area contributed by atoms with Gasteiger partial charge in [0.2, 0.25) is 0 Å². The Hall–Kier alpha value is -7.12. The molecule has 0 saturated carbocycles. The number of anilines is 2. The van der Waals surface area contributed by atoms with Crippen LogP contribution in [0.3, 0.4) is 0 Å². The zero-order valence-electron chi connectivity index (χ0n) is 28.2. The van der Waals surface area contributed by atoms with Crippen LogP contribution in [0.15, 0.2) is 110 Å². The summed E-state index contributed by atoms with van der Waals surface area (Å²) >= 11 is 0. The third-order valence-electron chi connectivity index (χ3n) is 8.79. The molecular formula is C45H30N6. The van der Waals surface area contributed by atoms with Crippen molar-refractivity contribution in [2.45, 2.75) is 26.9 Å². The largest absolute Gasteiger partial charge is 0.349 e. The Morgan fingerprint density at radius 2 is 0.902 bits per heavy atom. The van der Waals surface area contributed by atoms with E-state index in [1.165, 1.54) is 33.6 Å². The summed E-state index contributed by atoms with van der Waals surface area (Å²) in [6.07, 6.45) is 7.05. The van der Waals surface area contributed by atoms with Gasteiger partial charge in [0.05, 0.1) is 29.4 Å². The van der Waals surface area contributed by atoms with Crippen LogP contribution in [0, 0.1) is 61.2 Å². The molecule has 2 aliphatic heterocycles. The number of aromatic nitrogens is 4. The van der Waals surface area contributed by atoms with E-state index in [-0.39, 0.29) is 0 Å². The molecule has 0 amide bonds. The van der Waals surface area contributed by atoms with Gasteiger partial charge < -0.3 is 9.80 Å². The first-order valence-corrected chi connectivity index (χ1v) is 16.6. The predicted molar refractivity (Wildman–Crippen MR) is 202 cm³/mol. The summed E-state index contributed by atoms with van der Waals surface area (Å²) in [6, 6.07) is 28.1. The summed E-state index contributed by atoms with van der Waals surface area (Å²) in [7, 11) is 0. The van der Waals surface area contributed by atoms with E-state index in [4.69, 9.17) is 0 Å². The van der Waals surface area contributed by atoms with Gasteiger partial charge in [-0.25, -0.2) is 0 Å². The van der Waals surface area contributed by atoms with E-state index in [9.17, 15) is 0 Å². The number of hydrogen-bond acceptors (Lipinski definition) is 6. The van der Waals surface area contributed by atoms with E-state index in [2.05, 4.69) is 115 Å². The molecule has 0 spiro atoms. The molecule has 0 fully saturated rings. The SMILES string of the molecule is Cc1cc(C#CC#Cc2ccc(-c3ccccn3)nc2)cc2c1N1Cc3cc(C#CC#Cc4ccc(-c5ccccn5)nc4)cc(C)c3N(C2)C1. The van der Waals surface area contributed by atoms with Gasteiger partial charge in [-0.1, -0.05) is 35.8 Å². The first kappa shape index (κ1) is 31.2. The van der Waals surface area contributed by atoms with Crippen LogP contribution in [0.1, 0.15) is 44.5 Å². The number of nitrogens with zero attached hydrogens (tertiary/aromatic N) is 6. The van der Waals surface area contributed by atoms with Gasteiger partial charge in [0, 0.05) is 71.5 Å². The highest BCUT2D eigenvalue weighted by molar-refractivity contribution is 5.74. The molecule has 240 valence electrons. The van der Waals surface area contributed by atoms with Crippen LogP contribution in [0.4, 0.5) is 11.4 Å². The molecule has 6 heterocycles. The highest BCUT2D eigenvalue weighted by Crippen LogP contribution is 2.41. The minimum Gasteiger partial charge on any atom is -0.349 e. The Morgan fingerprint density at radius 1 is 0.471 bits per heavy atom. The maximum absolute atomic E-state index is 4.50. The van der Waals surface area contributed by atoms with E-state index in [1.54, 1.807) is 24.8 Å². The zero-order valence-corrected chi connectivity index (χ0v) is 28.2. The number of fused-ring (bicyclic) bond motifs is 6. The molecule has 51 heavy (non-hydrogen) atoms. The smallest absolute Gasteiger partial charge is 0.0910 e. The normalized spacial score (nSPS) is 12.0. The molecule has 0 unspecified atom stereocenters. The van der Waals surface area contributed by atoms with Gasteiger partial charge in [-0.2, -0.15) is 0 Å². The van der Waals surface area contributed by atoms with Gasteiger partial charge in [0.1, 0.15) is 0 Å². The van der Waals surface area contributed by atoms with Crippen molar-refractivity contribution in [3.05, 3.63) is 154 Å². The van der Waals surface area contributed by atoms with E-state index < -0.39 is 0 Å². The van der Waals surface area contributed by atoms with E-state index in [0.29, 0.717) is 0 Å². The molecule has 0 aliphatic carbocycles. The lowest BCUT2D eigenvalue weighted by molar-refractivity contribution is 0.646. The third-order valence-corrected chi connectivity index (χ3v) is 8.79. The second kappa shape index (κ2) is 13.8. The number of benzene rings is 2. The first-order valence-electron chi connectivity index (χ1n) is 16.6. The van der Waals surface area contributed by atoms with Gasteiger partial charge >= 0.3 is 0 Å². The van der Waals surface area contributed by atoms with E-state index in [1.807, 2.05) is 60.7 Å². The first-order chi connectivity index (χ1) is 25.1. The summed E-state index contributed by atoms with van der Waals surface area (Å²) < 4.78 is 0. The Balaban J connectivity index is 0.961. The number of rotatable bonds is 2. The van der Waals surface area contributed by atoms with Crippen LogP contribution < -0.4 is 9.80 Å². The Bertz CT molecular complexity index is 2350.